The molecule has 2 N–H and O–H groups in total. The topological polar surface area (TPSA) is 102 Å². The van der Waals surface area contributed by atoms with E-state index in [0.717, 1.165) is 15.6 Å². The van der Waals surface area contributed by atoms with Crippen LogP contribution in [0.2, 0.25) is 0 Å². The Hall–Kier alpha value is -3.81. The van der Waals surface area contributed by atoms with Crippen LogP contribution in [0.1, 0.15) is 5.56 Å². The standard InChI is InChI=1S/C19H16N4O4/c1-26-12-4-6-16(24)11(7-12)9-21-23-10-20-17-14-8-13(27-2)3-5-15(14)22-18(17)19(23)25/h3-10,22,24H,1-2H3. The highest BCUT2D eigenvalue weighted by atomic mass is 16.5. The summed E-state index contributed by atoms with van der Waals surface area (Å²) in [4.78, 5) is 20.2. The predicted molar refractivity (Wildman–Crippen MR) is 102 cm³/mol. The van der Waals surface area contributed by atoms with E-state index in [-0.39, 0.29) is 11.3 Å². The zero-order valence-electron chi connectivity index (χ0n) is 14.6. The van der Waals surface area contributed by atoms with Crippen molar-refractivity contribution < 1.29 is 14.6 Å². The molecule has 0 aliphatic heterocycles. The van der Waals surface area contributed by atoms with Crippen molar-refractivity contribution in [3.8, 4) is 17.2 Å². The molecule has 0 atom stereocenters. The molecule has 0 aliphatic carbocycles. The molecule has 0 saturated heterocycles. The summed E-state index contributed by atoms with van der Waals surface area (Å²) in [7, 11) is 3.11. The lowest BCUT2D eigenvalue weighted by Gasteiger charge is -2.03. The van der Waals surface area contributed by atoms with Gasteiger partial charge in [-0.25, -0.2) is 4.98 Å². The summed E-state index contributed by atoms with van der Waals surface area (Å²) in [5.41, 5.74) is 1.73. The first kappa shape index (κ1) is 16.6. The number of aromatic nitrogens is 3. The largest absolute Gasteiger partial charge is 0.507 e. The lowest BCUT2D eigenvalue weighted by atomic mass is 10.2. The Balaban J connectivity index is 1.80. The van der Waals surface area contributed by atoms with Crippen LogP contribution in [0.25, 0.3) is 21.9 Å². The number of rotatable bonds is 4. The Kier molecular flexibility index (Phi) is 4.00. The number of phenolic OH excluding ortho intramolecular Hbond substituents is 1. The molecule has 8 heteroatoms. The number of benzene rings is 2. The fourth-order valence-corrected chi connectivity index (χ4v) is 2.82. The second-order valence-electron chi connectivity index (χ2n) is 5.82. The molecule has 0 aliphatic rings. The average Bonchev–Trinajstić information content (AvgIpc) is 3.07. The SMILES string of the molecule is COc1ccc(O)c(C=Nn2cnc3c([nH]c4ccc(OC)cc43)c2=O)c1. The van der Waals surface area contributed by atoms with Crippen LogP contribution in [0.15, 0.2) is 52.6 Å². The summed E-state index contributed by atoms with van der Waals surface area (Å²) >= 11 is 0. The second-order valence-corrected chi connectivity index (χ2v) is 5.82. The zero-order valence-corrected chi connectivity index (χ0v) is 14.6. The molecule has 2 aromatic carbocycles. The highest BCUT2D eigenvalue weighted by molar-refractivity contribution is 6.04. The van der Waals surface area contributed by atoms with Crippen molar-refractivity contribution in [3.05, 3.63) is 58.6 Å². The van der Waals surface area contributed by atoms with Crippen LogP contribution >= 0.6 is 0 Å². The molecule has 0 bridgehead atoms. The second kappa shape index (κ2) is 6.49. The Labute approximate surface area is 153 Å². The van der Waals surface area contributed by atoms with E-state index >= 15 is 0 Å². The Morgan fingerprint density at radius 1 is 1.15 bits per heavy atom. The van der Waals surface area contributed by atoms with Gasteiger partial charge in [-0.2, -0.15) is 9.78 Å². The van der Waals surface area contributed by atoms with Crippen LogP contribution in [-0.2, 0) is 0 Å². The Bertz CT molecular complexity index is 1240. The van der Waals surface area contributed by atoms with Crippen LogP contribution < -0.4 is 15.0 Å². The first-order valence-electron chi connectivity index (χ1n) is 8.09. The van der Waals surface area contributed by atoms with E-state index in [9.17, 15) is 9.90 Å². The maximum atomic E-state index is 12.7. The van der Waals surface area contributed by atoms with Gasteiger partial charge in [-0.15, -0.1) is 0 Å². The number of H-pyrrole nitrogens is 1. The zero-order chi connectivity index (χ0) is 19.0. The molecule has 8 nitrogen and oxygen atoms in total. The van der Waals surface area contributed by atoms with E-state index in [1.54, 1.807) is 25.3 Å². The Morgan fingerprint density at radius 3 is 2.67 bits per heavy atom. The monoisotopic (exact) mass is 364 g/mol. The molecule has 136 valence electrons. The van der Waals surface area contributed by atoms with Gasteiger partial charge in [0.15, 0.2) is 0 Å². The summed E-state index contributed by atoms with van der Waals surface area (Å²) < 4.78 is 11.5. The third kappa shape index (κ3) is 2.86. The van der Waals surface area contributed by atoms with Crippen LogP contribution in [0.4, 0.5) is 0 Å². The first-order valence-corrected chi connectivity index (χ1v) is 8.09. The molecule has 27 heavy (non-hydrogen) atoms. The minimum atomic E-state index is -0.353. The van der Waals surface area contributed by atoms with Gasteiger partial charge in [-0.05, 0) is 36.4 Å². The molecule has 0 fully saturated rings. The fourth-order valence-electron chi connectivity index (χ4n) is 2.82. The van der Waals surface area contributed by atoms with Crippen molar-refractivity contribution in [2.45, 2.75) is 0 Å². The highest BCUT2D eigenvalue weighted by Crippen LogP contribution is 2.25. The molecular formula is C19H16N4O4. The van der Waals surface area contributed by atoms with Crippen molar-refractivity contribution in [1.29, 1.82) is 0 Å². The molecule has 0 unspecified atom stereocenters. The number of aromatic amines is 1. The number of hydrogen-bond acceptors (Lipinski definition) is 6. The van der Waals surface area contributed by atoms with Crippen molar-refractivity contribution >= 4 is 28.2 Å². The number of aromatic hydroxyl groups is 1. The van der Waals surface area contributed by atoms with E-state index in [2.05, 4.69) is 15.1 Å². The normalized spacial score (nSPS) is 11.5. The molecule has 2 aromatic heterocycles. The lowest BCUT2D eigenvalue weighted by Crippen LogP contribution is -2.17. The summed E-state index contributed by atoms with van der Waals surface area (Å²) in [5.74, 6) is 1.28. The summed E-state index contributed by atoms with van der Waals surface area (Å²) in [5, 5.41) is 14.8. The quantitative estimate of drug-likeness (QED) is 0.542. The smallest absolute Gasteiger partial charge is 0.298 e. The highest BCUT2D eigenvalue weighted by Gasteiger charge is 2.11. The van der Waals surface area contributed by atoms with Gasteiger partial charge in [0.1, 0.15) is 34.6 Å². The molecule has 2 heterocycles. The molecule has 4 aromatic rings. The van der Waals surface area contributed by atoms with Gasteiger partial charge in [0.2, 0.25) is 0 Å². The number of fused-ring (bicyclic) bond motifs is 3. The van der Waals surface area contributed by atoms with E-state index in [4.69, 9.17) is 9.47 Å². The van der Waals surface area contributed by atoms with E-state index < -0.39 is 0 Å². The maximum absolute atomic E-state index is 12.7. The molecular weight excluding hydrogens is 348 g/mol. The lowest BCUT2D eigenvalue weighted by molar-refractivity contribution is 0.412. The van der Waals surface area contributed by atoms with Crippen molar-refractivity contribution in [3.63, 3.8) is 0 Å². The third-order valence-corrected chi connectivity index (χ3v) is 4.25. The van der Waals surface area contributed by atoms with Crippen molar-refractivity contribution in [2.24, 2.45) is 5.10 Å². The predicted octanol–water partition coefficient (Wildman–Crippen LogP) is 2.48. The molecule has 0 amide bonds. The van der Waals surface area contributed by atoms with Gasteiger partial charge >= 0.3 is 0 Å². The fraction of sp³-hybridized carbons (Fsp3) is 0.105. The van der Waals surface area contributed by atoms with Crippen molar-refractivity contribution in [2.75, 3.05) is 14.2 Å². The van der Waals surface area contributed by atoms with E-state index in [1.165, 1.54) is 25.7 Å². The van der Waals surface area contributed by atoms with Gasteiger partial charge in [0.05, 0.1) is 20.4 Å². The molecule has 0 spiro atoms. The van der Waals surface area contributed by atoms with Gasteiger partial charge in [0.25, 0.3) is 5.56 Å². The number of methoxy groups -OCH3 is 2. The first-order chi connectivity index (χ1) is 13.1. The van der Waals surface area contributed by atoms with Crippen LogP contribution in [0.3, 0.4) is 0 Å². The number of ether oxygens (including phenoxy) is 2. The van der Waals surface area contributed by atoms with Crippen LogP contribution in [-0.4, -0.2) is 40.2 Å². The Morgan fingerprint density at radius 2 is 1.89 bits per heavy atom. The summed E-state index contributed by atoms with van der Waals surface area (Å²) in [6, 6.07) is 10.2. The number of nitrogens with zero attached hydrogens (tertiary/aromatic N) is 3. The third-order valence-electron chi connectivity index (χ3n) is 4.25. The summed E-state index contributed by atoms with van der Waals surface area (Å²) in [6.07, 6.45) is 2.71. The summed E-state index contributed by atoms with van der Waals surface area (Å²) in [6.45, 7) is 0. The van der Waals surface area contributed by atoms with Gasteiger partial charge < -0.3 is 19.6 Å². The van der Waals surface area contributed by atoms with E-state index in [0.29, 0.717) is 28.1 Å². The van der Waals surface area contributed by atoms with Gasteiger partial charge in [-0.1, -0.05) is 0 Å². The maximum Gasteiger partial charge on any atom is 0.298 e. The molecule has 0 radical (unpaired) electrons. The minimum absolute atomic E-state index is 0.0272. The van der Waals surface area contributed by atoms with Crippen LogP contribution in [0.5, 0.6) is 17.2 Å². The average molecular weight is 364 g/mol. The number of nitrogens with one attached hydrogen (secondary N) is 1. The molecule has 4 rings (SSSR count). The van der Waals surface area contributed by atoms with E-state index in [1.807, 2.05) is 12.1 Å². The minimum Gasteiger partial charge on any atom is -0.507 e. The van der Waals surface area contributed by atoms with Gasteiger partial charge in [-0.3, -0.25) is 4.79 Å². The molecule has 0 saturated carbocycles. The number of phenols is 1. The number of hydrogen-bond donors (Lipinski definition) is 2. The van der Waals surface area contributed by atoms with Gasteiger partial charge in [0, 0.05) is 16.5 Å². The van der Waals surface area contributed by atoms with Crippen LogP contribution in [0, 0.1) is 0 Å². The van der Waals surface area contributed by atoms with Crippen molar-refractivity contribution in [1.82, 2.24) is 14.6 Å².